The second-order valence-corrected chi connectivity index (χ2v) is 9.97. The molecule has 0 bridgehead atoms. The Kier molecular flexibility index (Phi) is 7.63. The van der Waals surface area contributed by atoms with Crippen LogP contribution < -0.4 is 5.73 Å². The summed E-state index contributed by atoms with van der Waals surface area (Å²) in [6, 6.07) is 23.1. The van der Waals surface area contributed by atoms with Crippen molar-refractivity contribution in [3.05, 3.63) is 78.1 Å². The van der Waals surface area contributed by atoms with E-state index in [-0.39, 0.29) is 18.0 Å². The van der Waals surface area contributed by atoms with E-state index in [2.05, 4.69) is 59.2 Å². The molecule has 188 valence electrons. The largest absolute Gasteiger partial charge is 0.385 e. The zero-order chi connectivity index (χ0) is 24.9. The molecule has 6 nitrogen and oxygen atoms in total. The van der Waals surface area contributed by atoms with E-state index in [1.807, 2.05) is 17.0 Å². The number of imidazole rings is 1. The number of aromatic nitrogens is 2. The van der Waals surface area contributed by atoms with E-state index in [0.29, 0.717) is 26.0 Å². The third kappa shape index (κ3) is 5.45. The first-order chi connectivity index (χ1) is 17.6. The molecule has 3 aromatic carbocycles. The number of nitrogens with zero attached hydrogens (tertiary/aromatic N) is 3. The summed E-state index contributed by atoms with van der Waals surface area (Å²) in [6.07, 6.45) is 4.89. The fraction of sp³-hybridized carbons (Fsp3) is 0.400. The number of carbonyl (C=O) groups is 1. The van der Waals surface area contributed by atoms with Gasteiger partial charge in [0.25, 0.3) is 0 Å². The Morgan fingerprint density at radius 3 is 2.78 bits per heavy atom. The second-order valence-electron chi connectivity index (χ2n) is 9.97. The Bertz CT molecular complexity index is 1330. The van der Waals surface area contributed by atoms with Gasteiger partial charge in [-0.1, -0.05) is 54.6 Å². The van der Waals surface area contributed by atoms with E-state index in [0.717, 1.165) is 49.1 Å². The quantitative estimate of drug-likeness (QED) is 0.343. The molecule has 1 amide bonds. The molecule has 2 heterocycles. The molecular formula is C30H36N4O2. The number of rotatable bonds is 9. The van der Waals surface area contributed by atoms with Gasteiger partial charge in [0.05, 0.1) is 17.1 Å². The Morgan fingerprint density at radius 1 is 1.11 bits per heavy atom. The Morgan fingerprint density at radius 2 is 1.92 bits per heavy atom. The van der Waals surface area contributed by atoms with Crippen molar-refractivity contribution in [2.75, 3.05) is 26.8 Å². The molecule has 1 saturated heterocycles. The third-order valence-electron chi connectivity index (χ3n) is 7.28. The minimum atomic E-state index is -0.197. The van der Waals surface area contributed by atoms with Crippen molar-refractivity contribution < 1.29 is 9.53 Å². The highest BCUT2D eigenvalue weighted by Crippen LogP contribution is 2.29. The summed E-state index contributed by atoms with van der Waals surface area (Å²) in [5.41, 5.74) is 9.82. The molecule has 1 aliphatic rings. The lowest BCUT2D eigenvalue weighted by Crippen LogP contribution is -2.43. The van der Waals surface area contributed by atoms with E-state index in [1.54, 1.807) is 7.11 Å². The summed E-state index contributed by atoms with van der Waals surface area (Å²) in [4.78, 5) is 20.2. The minimum absolute atomic E-state index is 0.151. The standard InChI is InChI=1S/C30H36N4O2/c1-36-17-7-13-29-32-27-11-4-5-12-28(27)34(29)26-10-6-16-33(21-26)30(35)20-25(31)19-22-14-15-23-8-2-3-9-24(23)18-22/h2-5,8-9,11-12,14-15,18,25-26H,6-7,10,13,16-17,19-21,31H2,1H3/t25-,26-/m1/s1. The van der Waals surface area contributed by atoms with Crippen molar-refractivity contribution in [1.29, 1.82) is 0 Å². The predicted molar refractivity (Wildman–Crippen MR) is 145 cm³/mol. The van der Waals surface area contributed by atoms with Crippen LogP contribution in [0.3, 0.4) is 0 Å². The highest BCUT2D eigenvalue weighted by Gasteiger charge is 2.28. The maximum absolute atomic E-state index is 13.3. The number of nitrogens with two attached hydrogens (primary N) is 1. The molecule has 0 unspecified atom stereocenters. The predicted octanol–water partition coefficient (Wildman–Crippen LogP) is 4.89. The van der Waals surface area contributed by atoms with Crippen LogP contribution in [0.25, 0.3) is 21.8 Å². The van der Waals surface area contributed by atoms with E-state index in [9.17, 15) is 4.79 Å². The van der Waals surface area contributed by atoms with Crippen molar-refractivity contribution in [3.8, 4) is 0 Å². The number of benzene rings is 3. The van der Waals surface area contributed by atoms with E-state index >= 15 is 0 Å². The zero-order valence-corrected chi connectivity index (χ0v) is 21.1. The van der Waals surface area contributed by atoms with Gasteiger partial charge in [0.2, 0.25) is 5.91 Å². The number of ether oxygens (including phenoxy) is 1. The molecular weight excluding hydrogens is 448 g/mol. The van der Waals surface area contributed by atoms with Gasteiger partial charge in [-0.15, -0.1) is 0 Å². The number of aryl methyl sites for hydroxylation is 1. The number of fused-ring (bicyclic) bond motifs is 2. The van der Waals surface area contributed by atoms with Crippen molar-refractivity contribution in [2.24, 2.45) is 5.73 Å². The Balaban J connectivity index is 1.26. The van der Waals surface area contributed by atoms with Crippen LogP contribution in [-0.2, 0) is 22.4 Å². The molecule has 1 aliphatic heterocycles. The maximum Gasteiger partial charge on any atom is 0.224 e. The molecule has 36 heavy (non-hydrogen) atoms. The first kappa shape index (κ1) is 24.5. The molecule has 0 aliphatic carbocycles. The first-order valence-corrected chi connectivity index (χ1v) is 13.1. The van der Waals surface area contributed by atoms with Crippen molar-refractivity contribution in [2.45, 2.75) is 50.6 Å². The second kappa shape index (κ2) is 11.2. The molecule has 0 spiro atoms. The fourth-order valence-corrected chi connectivity index (χ4v) is 5.54. The highest BCUT2D eigenvalue weighted by molar-refractivity contribution is 5.83. The summed E-state index contributed by atoms with van der Waals surface area (Å²) >= 11 is 0. The zero-order valence-electron chi connectivity index (χ0n) is 21.1. The third-order valence-corrected chi connectivity index (χ3v) is 7.28. The number of piperidine rings is 1. The molecule has 2 N–H and O–H groups in total. The van der Waals surface area contributed by atoms with Crippen LogP contribution in [0.15, 0.2) is 66.7 Å². The Labute approximate surface area is 213 Å². The summed E-state index contributed by atoms with van der Waals surface area (Å²) in [6.45, 7) is 2.22. The summed E-state index contributed by atoms with van der Waals surface area (Å²) in [5, 5.41) is 2.43. The SMILES string of the molecule is COCCCc1nc2ccccc2n1[C@@H]1CCCN(C(=O)C[C@H](N)Cc2ccc3ccccc3c2)C1. The van der Waals surface area contributed by atoms with Gasteiger partial charge in [-0.25, -0.2) is 4.98 Å². The van der Waals surface area contributed by atoms with Crippen LogP contribution in [0.1, 0.15) is 43.1 Å². The minimum Gasteiger partial charge on any atom is -0.385 e. The van der Waals surface area contributed by atoms with E-state index < -0.39 is 0 Å². The van der Waals surface area contributed by atoms with Crippen molar-refractivity contribution in [3.63, 3.8) is 0 Å². The van der Waals surface area contributed by atoms with E-state index in [1.165, 1.54) is 16.3 Å². The number of likely N-dealkylation sites (tertiary alicyclic amines) is 1. The Hall–Kier alpha value is -3.22. The topological polar surface area (TPSA) is 73.4 Å². The van der Waals surface area contributed by atoms with Crippen LogP contribution in [0.2, 0.25) is 0 Å². The average Bonchev–Trinajstić information content (AvgIpc) is 3.27. The molecule has 0 saturated carbocycles. The van der Waals surface area contributed by atoms with Gasteiger partial charge in [0.15, 0.2) is 0 Å². The van der Waals surface area contributed by atoms with Gasteiger partial charge in [-0.3, -0.25) is 4.79 Å². The number of hydrogen-bond acceptors (Lipinski definition) is 4. The number of amides is 1. The summed E-state index contributed by atoms with van der Waals surface area (Å²) in [7, 11) is 1.73. The van der Waals surface area contributed by atoms with Crippen LogP contribution in [0.5, 0.6) is 0 Å². The van der Waals surface area contributed by atoms with Gasteiger partial charge < -0.3 is 19.9 Å². The molecule has 1 fully saturated rings. The fourth-order valence-electron chi connectivity index (χ4n) is 5.54. The van der Waals surface area contributed by atoms with Gasteiger partial charge >= 0.3 is 0 Å². The van der Waals surface area contributed by atoms with Crippen molar-refractivity contribution in [1.82, 2.24) is 14.5 Å². The number of carbonyl (C=O) groups excluding carboxylic acids is 1. The normalized spacial score (nSPS) is 17.1. The number of para-hydroxylation sites is 2. The average molecular weight is 485 g/mol. The number of hydrogen-bond donors (Lipinski definition) is 1. The van der Waals surface area contributed by atoms with E-state index in [4.69, 9.17) is 15.5 Å². The molecule has 4 aromatic rings. The lowest BCUT2D eigenvalue weighted by molar-refractivity contribution is -0.133. The molecule has 1 aromatic heterocycles. The molecule has 0 radical (unpaired) electrons. The molecule has 6 heteroatoms. The summed E-state index contributed by atoms with van der Waals surface area (Å²) in [5.74, 6) is 1.24. The first-order valence-electron chi connectivity index (χ1n) is 13.1. The highest BCUT2D eigenvalue weighted by atomic mass is 16.5. The smallest absolute Gasteiger partial charge is 0.224 e. The van der Waals surface area contributed by atoms with Gasteiger partial charge in [0.1, 0.15) is 5.82 Å². The van der Waals surface area contributed by atoms with Crippen molar-refractivity contribution >= 4 is 27.7 Å². The van der Waals surface area contributed by atoms with Gasteiger partial charge in [-0.05, 0) is 54.2 Å². The van der Waals surface area contributed by atoms with Crippen LogP contribution in [0.4, 0.5) is 0 Å². The van der Waals surface area contributed by atoms with Crippen LogP contribution >= 0.6 is 0 Å². The molecule has 5 rings (SSSR count). The lowest BCUT2D eigenvalue weighted by Gasteiger charge is -2.35. The van der Waals surface area contributed by atoms with Gasteiger partial charge in [-0.2, -0.15) is 0 Å². The summed E-state index contributed by atoms with van der Waals surface area (Å²) < 4.78 is 7.64. The lowest BCUT2D eigenvalue weighted by atomic mass is 9.99. The maximum atomic E-state index is 13.3. The van der Waals surface area contributed by atoms with Crippen LogP contribution in [0, 0.1) is 0 Å². The molecule has 2 atom stereocenters. The van der Waals surface area contributed by atoms with Gasteiger partial charge in [0, 0.05) is 45.7 Å². The number of methoxy groups -OCH3 is 1. The van der Waals surface area contributed by atoms with Crippen LogP contribution in [-0.4, -0.2) is 53.2 Å². The monoisotopic (exact) mass is 484 g/mol.